The number of rotatable bonds is 26. The molecular formula is C28H50O15. The van der Waals surface area contributed by atoms with Crippen LogP contribution in [0, 0.1) is 0 Å². The van der Waals surface area contributed by atoms with Gasteiger partial charge in [-0.15, -0.1) is 0 Å². The van der Waals surface area contributed by atoms with Gasteiger partial charge in [0, 0.05) is 0 Å². The zero-order valence-corrected chi connectivity index (χ0v) is 26.3. The first-order valence-electron chi connectivity index (χ1n) is 14.6. The smallest absolute Gasteiger partial charge is 0.461 e. The van der Waals surface area contributed by atoms with Crippen molar-refractivity contribution in [3.05, 3.63) is 0 Å². The van der Waals surface area contributed by atoms with E-state index in [-0.39, 0.29) is 65.1 Å². The molecule has 0 bridgehead atoms. The summed E-state index contributed by atoms with van der Waals surface area (Å²) in [5.74, 6) is -1.49. The van der Waals surface area contributed by atoms with Crippen LogP contribution in [0.1, 0.15) is 54.4 Å². The van der Waals surface area contributed by atoms with Crippen molar-refractivity contribution in [3.8, 4) is 0 Å². The molecule has 0 amide bonds. The first kappa shape index (κ1) is 40.3. The minimum absolute atomic E-state index is 0.00211. The van der Waals surface area contributed by atoms with E-state index in [1.165, 1.54) is 13.8 Å². The number of hydrogen-bond acceptors (Lipinski definition) is 15. The van der Waals surface area contributed by atoms with Crippen LogP contribution >= 0.6 is 0 Å². The molecule has 252 valence electrons. The Kier molecular flexibility index (Phi) is 25.2. The van der Waals surface area contributed by atoms with E-state index >= 15 is 0 Å². The molecule has 0 rings (SSSR count). The molecule has 0 aromatic carbocycles. The van der Waals surface area contributed by atoms with Crippen molar-refractivity contribution in [2.45, 2.75) is 78.8 Å². The summed E-state index contributed by atoms with van der Waals surface area (Å²) < 4.78 is 55.9. The minimum Gasteiger partial charge on any atom is -0.461 e. The third-order valence-corrected chi connectivity index (χ3v) is 5.46. The van der Waals surface area contributed by atoms with Crippen LogP contribution < -0.4 is 0 Å². The standard InChI is InChI=1S/C28H50O15/c1-7-21(3)36-15-9-33-11-17-38-25(29)23(5)42-27(31)40-19-13-35-14-20-41-28(32)43-24(6)26(30)39-18-12-34-10-16-37-22(4)8-2/h21-24H,7-20H2,1-6H3/t21-,22+,23-,24+. The molecule has 0 spiro atoms. The number of hydrogen-bond donors (Lipinski definition) is 0. The van der Waals surface area contributed by atoms with E-state index in [0.29, 0.717) is 26.4 Å². The van der Waals surface area contributed by atoms with Gasteiger partial charge in [-0.2, -0.15) is 0 Å². The van der Waals surface area contributed by atoms with E-state index in [2.05, 4.69) is 0 Å². The molecule has 0 aromatic rings. The molecule has 4 atom stereocenters. The topological polar surface area (TPSA) is 170 Å². The Balaban J connectivity index is 3.73. The Bertz CT molecular complexity index is 688. The molecule has 43 heavy (non-hydrogen) atoms. The SMILES string of the molecule is CC[C@@H](C)OCCOCCOC(=O)[C@@H](C)OC(=O)OCCOCCOC(=O)O[C@@H](C)C(=O)OCCOCCO[C@@H](C)CC. The van der Waals surface area contributed by atoms with Gasteiger partial charge in [0.15, 0.2) is 12.2 Å². The van der Waals surface area contributed by atoms with E-state index in [0.717, 1.165) is 12.8 Å². The Morgan fingerprint density at radius 3 is 1.07 bits per heavy atom. The Hall–Kier alpha value is -2.72. The lowest BCUT2D eigenvalue weighted by Crippen LogP contribution is -2.28. The molecule has 0 saturated heterocycles. The normalized spacial score (nSPS) is 13.7. The van der Waals surface area contributed by atoms with Crippen LogP contribution in [-0.4, -0.2) is 128 Å². The van der Waals surface area contributed by atoms with Gasteiger partial charge in [-0.25, -0.2) is 19.2 Å². The predicted molar refractivity (Wildman–Crippen MR) is 150 cm³/mol. The second-order valence-corrected chi connectivity index (χ2v) is 9.07. The largest absolute Gasteiger partial charge is 0.509 e. The summed E-state index contributed by atoms with van der Waals surface area (Å²) in [5, 5.41) is 0. The fourth-order valence-corrected chi connectivity index (χ4v) is 2.62. The lowest BCUT2D eigenvalue weighted by molar-refractivity contribution is -0.156. The Labute approximate surface area is 253 Å². The van der Waals surface area contributed by atoms with E-state index in [1.54, 1.807) is 0 Å². The third kappa shape index (κ3) is 24.4. The van der Waals surface area contributed by atoms with E-state index in [1.807, 2.05) is 27.7 Å². The van der Waals surface area contributed by atoms with E-state index in [9.17, 15) is 19.2 Å². The Morgan fingerprint density at radius 2 is 0.744 bits per heavy atom. The number of carbonyl (C=O) groups is 4. The highest BCUT2D eigenvalue weighted by Crippen LogP contribution is 2.01. The van der Waals surface area contributed by atoms with Gasteiger partial charge in [-0.1, -0.05) is 13.8 Å². The average molecular weight is 627 g/mol. The fraction of sp³-hybridized carbons (Fsp3) is 0.857. The number of ether oxygens (including phenoxy) is 11. The average Bonchev–Trinajstić information content (AvgIpc) is 2.98. The lowest BCUT2D eigenvalue weighted by atomic mass is 10.3. The lowest BCUT2D eigenvalue weighted by Gasteiger charge is -2.14. The van der Waals surface area contributed by atoms with Gasteiger partial charge in [0.1, 0.15) is 26.4 Å². The second kappa shape index (κ2) is 26.9. The first-order chi connectivity index (χ1) is 20.6. The molecule has 0 aliphatic heterocycles. The highest BCUT2D eigenvalue weighted by molar-refractivity contribution is 5.77. The molecule has 0 saturated carbocycles. The van der Waals surface area contributed by atoms with Crippen molar-refractivity contribution < 1.29 is 71.3 Å². The van der Waals surface area contributed by atoms with Crippen molar-refractivity contribution in [1.29, 1.82) is 0 Å². The van der Waals surface area contributed by atoms with E-state index < -0.39 is 36.5 Å². The summed E-state index contributed by atoms with van der Waals surface area (Å²) in [6.45, 7) is 12.3. The third-order valence-electron chi connectivity index (χ3n) is 5.46. The van der Waals surface area contributed by atoms with Gasteiger partial charge < -0.3 is 52.1 Å². The van der Waals surface area contributed by atoms with Gasteiger partial charge in [0.2, 0.25) is 0 Å². The second-order valence-electron chi connectivity index (χ2n) is 9.07. The monoisotopic (exact) mass is 626 g/mol. The van der Waals surface area contributed by atoms with Crippen molar-refractivity contribution >= 4 is 24.2 Å². The van der Waals surface area contributed by atoms with Crippen LogP contribution in [0.4, 0.5) is 9.59 Å². The van der Waals surface area contributed by atoms with Crippen molar-refractivity contribution in [3.63, 3.8) is 0 Å². The van der Waals surface area contributed by atoms with Crippen molar-refractivity contribution in [2.75, 3.05) is 79.3 Å². The first-order valence-corrected chi connectivity index (χ1v) is 14.6. The van der Waals surface area contributed by atoms with Crippen LogP contribution in [0.3, 0.4) is 0 Å². The summed E-state index contributed by atoms with van der Waals surface area (Å²) in [6, 6.07) is 0. The molecule has 0 heterocycles. The van der Waals surface area contributed by atoms with Gasteiger partial charge in [0.25, 0.3) is 0 Å². The maximum atomic E-state index is 11.9. The molecule has 0 N–H and O–H groups in total. The summed E-state index contributed by atoms with van der Waals surface area (Å²) in [6.07, 6.45) is -2.35. The minimum atomic E-state index is -1.17. The molecule has 0 radical (unpaired) electrons. The zero-order valence-electron chi connectivity index (χ0n) is 26.3. The van der Waals surface area contributed by atoms with Crippen LogP contribution in [0.15, 0.2) is 0 Å². The molecule has 0 aromatic heterocycles. The van der Waals surface area contributed by atoms with Gasteiger partial charge >= 0.3 is 24.2 Å². The molecule has 15 nitrogen and oxygen atoms in total. The number of carbonyl (C=O) groups excluding carboxylic acids is 4. The van der Waals surface area contributed by atoms with Crippen LogP contribution in [0.25, 0.3) is 0 Å². The molecular weight excluding hydrogens is 576 g/mol. The van der Waals surface area contributed by atoms with Crippen LogP contribution in [-0.2, 0) is 61.7 Å². The molecule has 15 heteroatoms. The summed E-state index contributed by atoms with van der Waals surface area (Å²) in [4.78, 5) is 47.1. The molecule has 0 aliphatic rings. The number of esters is 2. The quantitative estimate of drug-likeness (QED) is 0.0779. The van der Waals surface area contributed by atoms with Crippen molar-refractivity contribution in [1.82, 2.24) is 0 Å². The molecule has 0 unspecified atom stereocenters. The van der Waals surface area contributed by atoms with Crippen LogP contribution in [0.5, 0.6) is 0 Å². The van der Waals surface area contributed by atoms with E-state index in [4.69, 9.17) is 52.1 Å². The van der Waals surface area contributed by atoms with Crippen LogP contribution in [0.2, 0.25) is 0 Å². The maximum Gasteiger partial charge on any atom is 0.509 e. The highest BCUT2D eigenvalue weighted by Gasteiger charge is 2.21. The van der Waals surface area contributed by atoms with Gasteiger partial charge in [-0.3, -0.25) is 0 Å². The van der Waals surface area contributed by atoms with Crippen molar-refractivity contribution in [2.24, 2.45) is 0 Å². The maximum absolute atomic E-state index is 11.9. The zero-order chi connectivity index (χ0) is 32.3. The predicted octanol–water partition coefficient (Wildman–Crippen LogP) is 2.84. The highest BCUT2D eigenvalue weighted by atomic mass is 16.7. The molecule has 0 aliphatic carbocycles. The summed E-state index contributed by atoms with van der Waals surface area (Å²) in [7, 11) is 0. The summed E-state index contributed by atoms with van der Waals surface area (Å²) in [5.41, 5.74) is 0. The summed E-state index contributed by atoms with van der Waals surface area (Å²) >= 11 is 0. The fourth-order valence-electron chi connectivity index (χ4n) is 2.62. The molecule has 0 fully saturated rings. The van der Waals surface area contributed by atoms with Gasteiger partial charge in [-0.05, 0) is 40.5 Å². The van der Waals surface area contributed by atoms with Gasteiger partial charge in [0.05, 0.1) is 65.1 Å². The Morgan fingerprint density at radius 1 is 0.442 bits per heavy atom.